The molecule has 2 aromatic carbocycles. The molecular formula is C19H15ClN2O2. The first-order valence-electron chi connectivity index (χ1n) is 7.54. The minimum absolute atomic E-state index is 0.0156. The van der Waals surface area contributed by atoms with Gasteiger partial charge in [-0.2, -0.15) is 5.26 Å². The molecule has 1 amide bonds. The van der Waals surface area contributed by atoms with E-state index < -0.39 is 5.91 Å². The van der Waals surface area contributed by atoms with Crippen molar-refractivity contribution < 1.29 is 9.53 Å². The van der Waals surface area contributed by atoms with Crippen LogP contribution < -0.4 is 10.1 Å². The third-order valence-electron chi connectivity index (χ3n) is 3.72. The zero-order valence-electron chi connectivity index (χ0n) is 13.0. The number of nitrogens with one attached hydrogen (secondary N) is 1. The smallest absolute Gasteiger partial charge is 0.266 e. The van der Waals surface area contributed by atoms with Crippen molar-refractivity contribution in [1.29, 1.82) is 5.26 Å². The fourth-order valence-corrected chi connectivity index (χ4v) is 2.78. The van der Waals surface area contributed by atoms with Gasteiger partial charge in [0.05, 0.1) is 10.7 Å². The van der Waals surface area contributed by atoms with Gasteiger partial charge in [-0.3, -0.25) is 4.79 Å². The average molecular weight is 339 g/mol. The van der Waals surface area contributed by atoms with Gasteiger partial charge in [0.2, 0.25) is 0 Å². The van der Waals surface area contributed by atoms with Crippen molar-refractivity contribution >= 4 is 29.3 Å². The van der Waals surface area contributed by atoms with Gasteiger partial charge in [0.15, 0.2) is 0 Å². The highest BCUT2D eigenvalue weighted by molar-refractivity contribution is 6.34. The van der Waals surface area contributed by atoms with Crippen molar-refractivity contribution in [3.63, 3.8) is 0 Å². The number of ether oxygens (including phenoxy) is 1. The molecule has 0 saturated carbocycles. The molecule has 4 nitrogen and oxygen atoms in total. The molecule has 120 valence electrons. The molecule has 0 fully saturated rings. The Morgan fingerprint density at radius 1 is 1.38 bits per heavy atom. The largest absolute Gasteiger partial charge is 0.490 e. The Balaban J connectivity index is 1.83. The molecule has 0 saturated heterocycles. The van der Waals surface area contributed by atoms with E-state index >= 15 is 0 Å². The minimum Gasteiger partial charge on any atom is -0.490 e. The van der Waals surface area contributed by atoms with Crippen LogP contribution in [0.2, 0.25) is 5.02 Å². The zero-order valence-corrected chi connectivity index (χ0v) is 13.8. The molecule has 0 aromatic heterocycles. The maximum Gasteiger partial charge on any atom is 0.266 e. The highest BCUT2D eigenvalue weighted by Crippen LogP contribution is 2.30. The standard InChI is InChI=1S/C19H15ClN2O2/c1-12-8-14-9-13(6-7-18(14)24-12)10-15(11-21)19(23)22-17-5-3-2-4-16(17)20/h2-7,9-10,12H,8H2,1H3,(H,22,23)/b15-10-. The summed E-state index contributed by atoms with van der Waals surface area (Å²) in [5.41, 5.74) is 2.36. The Morgan fingerprint density at radius 3 is 2.92 bits per heavy atom. The lowest BCUT2D eigenvalue weighted by Gasteiger charge is -2.06. The molecule has 3 rings (SSSR count). The quantitative estimate of drug-likeness (QED) is 0.673. The van der Waals surface area contributed by atoms with Crippen LogP contribution >= 0.6 is 11.6 Å². The summed E-state index contributed by atoms with van der Waals surface area (Å²) in [4.78, 5) is 12.3. The van der Waals surface area contributed by atoms with E-state index in [1.165, 1.54) is 0 Å². The van der Waals surface area contributed by atoms with Crippen molar-refractivity contribution in [1.82, 2.24) is 0 Å². The van der Waals surface area contributed by atoms with Crippen LogP contribution in [0, 0.1) is 11.3 Å². The van der Waals surface area contributed by atoms with E-state index in [0.717, 1.165) is 23.3 Å². The maximum atomic E-state index is 12.3. The summed E-state index contributed by atoms with van der Waals surface area (Å²) >= 11 is 6.02. The SMILES string of the molecule is CC1Cc2cc(/C=C(/C#N)C(=O)Nc3ccccc3Cl)ccc2O1. The van der Waals surface area contributed by atoms with Gasteiger partial charge in [-0.15, -0.1) is 0 Å². The number of nitrogens with zero attached hydrogens (tertiary/aromatic N) is 1. The van der Waals surface area contributed by atoms with Crippen molar-refractivity contribution in [2.45, 2.75) is 19.4 Å². The van der Waals surface area contributed by atoms with E-state index in [4.69, 9.17) is 16.3 Å². The van der Waals surface area contributed by atoms with Gasteiger partial charge < -0.3 is 10.1 Å². The summed E-state index contributed by atoms with van der Waals surface area (Å²) in [7, 11) is 0. The van der Waals surface area contributed by atoms with Crippen LogP contribution in [-0.2, 0) is 11.2 Å². The zero-order chi connectivity index (χ0) is 17.1. The predicted molar refractivity (Wildman–Crippen MR) is 93.9 cm³/mol. The van der Waals surface area contributed by atoms with Crippen molar-refractivity contribution in [3.8, 4) is 11.8 Å². The van der Waals surface area contributed by atoms with Crippen LogP contribution in [0.4, 0.5) is 5.69 Å². The Hall–Kier alpha value is -2.77. The average Bonchev–Trinajstić information content (AvgIpc) is 2.94. The molecule has 0 bridgehead atoms. The van der Waals surface area contributed by atoms with Gasteiger partial charge in [-0.25, -0.2) is 0 Å². The molecule has 1 aliphatic rings. The number of anilines is 1. The maximum absolute atomic E-state index is 12.3. The second kappa shape index (κ2) is 6.77. The Morgan fingerprint density at radius 2 is 2.17 bits per heavy atom. The topological polar surface area (TPSA) is 62.1 Å². The number of carbonyl (C=O) groups is 1. The molecule has 1 N–H and O–H groups in total. The molecule has 1 heterocycles. The normalized spacial score (nSPS) is 16.0. The molecular weight excluding hydrogens is 324 g/mol. The van der Waals surface area contributed by atoms with Crippen molar-refractivity contribution in [2.75, 3.05) is 5.32 Å². The summed E-state index contributed by atoms with van der Waals surface area (Å²) in [6.07, 6.45) is 2.54. The molecule has 24 heavy (non-hydrogen) atoms. The number of nitriles is 1. The summed E-state index contributed by atoms with van der Waals surface area (Å²) in [5, 5.41) is 12.4. The number of benzene rings is 2. The lowest BCUT2D eigenvalue weighted by molar-refractivity contribution is -0.112. The third-order valence-corrected chi connectivity index (χ3v) is 4.05. The van der Waals surface area contributed by atoms with Crippen LogP contribution in [-0.4, -0.2) is 12.0 Å². The Kier molecular flexibility index (Phi) is 4.54. The second-order valence-corrected chi connectivity index (χ2v) is 6.01. The van der Waals surface area contributed by atoms with E-state index in [0.29, 0.717) is 10.7 Å². The monoisotopic (exact) mass is 338 g/mol. The van der Waals surface area contributed by atoms with Crippen LogP contribution in [0.5, 0.6) is 5.75 Å². The first-order chi connectivity index (χ1) is 11.6. The molecule has 0 aliphatic carbocycles. The van der Waals surface area contributed by atoms with E-state index in [2.05, 4.69) is 5.32 Å². The molecule has 1 unspecified atom stereocenters. The van der Waals surface area contributed by atoms with Gasteiger partial charge in [-0.1, -0.05) is 29.8 Å². The van der Waals surface area contributed by atoms with Crippen molar-refractivity contribution in [3.05, 3.63) is 64.2 Å². The molecule has 2 aromatic rings. The summed E-state index contributed by atoms with van der Waals surface area (Å²) < 4.78 is 5.65. The molecule has 5 heteroatoms. The highest BCUT2D eigenvalue weighted by Gasteiger charge is 2.19. The number of para-hydroxylation sites is 1. The van der Waals surface area contributed by atoms with Crippen LogP contribution in [0.3, 0.4) is 0 Å². The first-order valence-corrected chi connectivity index (χ1v) is 7.92. The van der Waals surface area contributed by atoms with E-state index in [-0.39, 0.29) is 11.7 Å². The van der Waals surface area contributed by atoms with E-state index in [9.17, 15) is 10.1 Å². The number of hydrogen-bond acceptors (Lipinski definition) is 3. The first kappa shape index (κ1) is 16.1. The van der Waals surface area contributed by atoms with Gasteiger partial charge in [-0.05, 0) is 48.4 Å². The molecule has 1 atom stereocenters. The van der Waals surface area contributed by atoms with E-state index in [1.807, 2.05) is 31.2 Å². The van der Waals surface area contributed by atoms with Gasteiger partial charge >= 0.3 is 0 Å². The lowest BCUT2D eigenvalue weighted by atomic mass is 10.0. The third kappa shape index (κ3) is 3.42. The fraction of sp³-hybridized carbons (Fsp3) is 0.158. The number of rotatable bonds is 3. The predicted octanol–water partition coefficient (Wildman–Crippen LogP) is 4.21. The summed E-state index contributed by atoms with van der Waals surface area (Å²) in [5.74, 6) is 0.370. The Bertz CT molecular complexity index is 868. The van der Waals surface area contributed by atoms with Crippen LogP contribution in [0.15, 0.2) is 48.0 Å². The number of amides is 1. The van der Waals surface area contributed by atoms with E-state index in [1.54, 1.807) is 30.3 Å². The molecule has 1 aliphatic heterocycles. The van der Waals surface area contributed by atoms with Crippen LogP contribution in [0.1, 0.15) is 18.1 Å². The van der Waals surface area contributed by atoms with Gasteiger partial charge in [0.25, 0.3) is 5.91 Å². The Labute approximate surface area is 145 Å². The summed E-state index contributed by atoms with van der Waals surface area (Å²) in [6.45, 7) is 2.01. The van der Waals surface area contributed by atoms with Crippen LogP contribution in [0.25, 0.3) is 6.08 Å². The number of fused-ring (bicyclic) bond motifs is 1. The summed E-state index contributed by atoms with van der Waals surface area (Å²) in [6, 6.07) is 14.5. The second-order valence-electron chi connectivity index (χ2n) is 5.60. The van der Waals surface area contributed by atoms with Gasteiger partial charge in [0.1, 0.15) is 23.5 Å². The minimum atomic E-state index is -0.490. The number of halogens is 1. The number of carbonyl (C=O) groups excluding carboxylic acids is 1. The van der Waals surface area contributed by atoms with Crippen molar-refractivity contribution in [2.24, 2.45) is 0 Å². The highest BCUT2D eigenvalue weighted by atomic mass is 35.5. The molecule has 0 radical (unpaired) electrons. The van der Waals surface area contributed by atoms with Gasteiger partial charge in [0, 0.05) is 6.42 Å². The number of hydrogen-bond donors (Lipinski definition) is 1. The lowest BCUT2D eigenvalue weighted by Crippen LogP contribution is -2.13. The molecule has 0 spiro atoms. The fourth-order valence-electron chi connectivity index (χ4n) is 2.60.